The van der Waals surface area contributed by atoms with Gasteiger partial charge in [0, 0.05) is 5.56 Å². The third-order valence-corrected chi connectivity index (χ3v) is 4.87. The smallest absolute Gasteiger partial charge is 0.265 e. The van der Waals surface area contributed by atoms with Gasteiger partial charge in [-0.05, 0) is 42.0 Å². The summed E-state index contributed by atoms with van der Waals surface area (Å²) in [4.78, 5) is 12.2. The molecular weight excluding hydrogens is 310 g/mol. The molecule has 0 aliphatic rings. The highest BCUT2D eigenvalue weighted by atomic mass is 32.2. The summed E-state index contributed by atoms with van der Waals surface area (Å²) >= 11 is 0. The van der Waals surface area contributed by atoms with Crippen LogP contribution in [0, 0.1) is 6.92 Å². The van der Waals surface area contributed by atoms with Gasteiger partial charge in [-0.15, -0.1) is 0 Å². The summed E-state index contributed by atoms with van der Waals surface area (Å²) in [7, 11) is -3.91. The first-order valence-electron chi connectivity index (χ1n) is 7.08. The number of benzene rings is 3. The van der Waals surface area contributed by atoms with Crippen molar-refractivity contribution in [3.8, 4) is 0 Å². The fourth-order valence-electron chi connectivity index (χ4n) is 2.36. The van der Waals surface area contributed by atoms with Gasteiger partial charge in [-0.3, -0.25) is 4.79 Å². The average Bonchev–Trinajstić information content (AvgIpc) is 2.54. The zero-order valence-corrected chi connectivity index (χ0v) is 13.3. The minimum Gasteiger partial charge on any atom is -0.268 e. The van der Waals surface area contributed by atoms with Gasteiger partial charge in [0.05, 0.1) is 4.90 Å². The molecule has 3 rings (SSSR count). The lowest BCUT2D eigenvalue weighted by Gasteiger charge is -2.08. The molecular formula is C18H15NO3S. The summed E-state index contributed by atoms with van der Waals surface area (Å²) in [5, 5.41) is 1.75. The van der Waals surface area contributed by atoms with Crippen molar-refractivity contribution in [2.75, 3.05) is 0 Å². The van der Waals surface area contributed by atoms with Gasteiger partial charge in [-0.2, -0.15) is 0 Å². The van der Waals surface area contributed by atoms with E-state index in [1.807, 2.05) is 37.3 Å². The van der Waals surface area contributed by atoms with Crippen molar-refractivity contribution in [2.45, 2.75) is 11.8 Å². The van der Waals surface area contributed by atoms with E-state index in [9.17, 15) is 13.2 Å². The van der Waals surface area contributed by atoms with Crippen LogP contribution < -0.4 is 4.72 Å². The van der Waals surface area contributed by atoms with Crippen molar-refractivity contribution >= 4 is 26.7 Å². The van der Waals surface area contributed by atoms with Crippen molar-refractivity contribution in [3.63, 3.8) is 0 Å². The molecule has 5 heteroatoms. The van der Waals surface area contributed by atoms with E-state index in [4.69, 9.17) is 0 Å². The fraction of sp³-hybridized carbons (Fsp3) is 0.0556. The fourth-order valence-corrected chi connectivity index (χ4v) is 3.37. The molecule has 116 valence electrons. The summed E-state index contributed by atoms with van der Waals surface area (Å²) in [5.41, 5.74) is 1.20. The molecule has 0 spiro atoms. The van der Waals surface area contributed by atoms with E-state index in [-0.39, 0.29) is 4.90 Å². The van der Waals surface area contributed by atoms with Crippen LogP contribution in [-0.4, -0.2) is 14.3 Å². The van der Waals surface area contributed by atoms with E-state index in [2.05, 4.69) is 4.72 Å². The first kappa shape index (κ1) is 15.2. The number of carbonyl (C=O) groups is 1. The maximum Gasteiger partial charge on any atom is 0.265 e. The maximum absolute atomic E-state index is 12.4. The van der Waals surface area contributed by atoms with Gasteiger partial charge in [0.15, 0.2) is 0 Å². The molecule has 0 unspecified atom stereocenters. The molecule has 23 heavy (non-hydrogen) atoms. The maximum atomic E-state index is 12.4. The summed E-state index contributed by atoms with van der Waals surface area (Å²) < 4.78 is 26.9. The van der Waals surface area contributed by atoms with Gasteiger partial charge >= 0.3 is 0 Å². The normalized spacial score (nSPS) is 11.3. The lowest BCUT2D eigenvalue weighted by Crippen LogP contribution is -2.30. The van der Waals surface area contributed by atoms with E-state index in [1.54, 1.807) is 30.3 Å². The molecule has 1 N–H and O–H groups in total. The number of rotatable bonds is 3. The number of sulfonamides is 1. The Morgan fingerprint density at radius 2 is 1.61 bits per heavy atom. The molecule has 1 amide bonds. The molecule has 0 bridgehead atoms. The number of aryl methyl sites for hydroxylation is 1. The Kier molecular flexibility index (Phi) is 3.88. The molecule has 0 saturated carbocycles. The topological polar surface area (TPSA) is 63.2 Å². The van der Waals surface area contributed by atoms with Crippen LogP contribution in [0.25, 0.3) is 10.8 Å². The second-order valence-corrected chi connectivity index (χ2v) is 7.00. The number of amides is 1. The standard InChI is InChI=1S/C18H15NO3S/c1-13-5-4-8-16(11-13)18(20)19-23(21,22)17-10-9-14-6-2-3-7-15(14)12-17/h2-12H,1H3,(H,19,20). The van der Waals surface area contributed by atoms with E-state index in [0.717, 1.165) is 16.3 Å². The predicted octanol–water partition coefficient (Wildman–Crippen LogP) is 3.27. The Hall–Kier alpha value is -2.66. The minimum absolute atomic E-state index is 0.0669. The number of carbonyl (C=O) groups excluding carboxylic acids is 1. The molecule has 0 aliphatic carbocycles. The first-order chi connectivity index (χ1) is 11.0. The lowest BCUT2D eigenvalue weighted by molar-refractivity contribution is 0.0981. The second-order valence-electron chi connectivity index (χ2n) is 5.31. The average molecular weight is 325 g/mol. The van der Waals surface area contributed by atoms with Crippen LogP contribution in [0.15, 0.2) is 71.6 Å². The molecule has 0 aliphatic heterocycles. The molecule has 0 atom stereocenters. The highest BCUT2D eigenvalue weighted by Crippen LogP contribution is 2.19. The summed E-state index contributed by atoms with van der Waals surface area (Å²) in [6.45, 7) is 1.84. The Labute approximate surface area is 134 Å². The number of fused-ring (bicyclic) bond motifs is 1. The van der Waals surface area contributed by atoms with Crippen LogP contribution in [0.3, 0.4) is 0 Å². The van der Waals surface area contributed by atoms with Crippen molar-refractivity contribution in [3.05, 3.63) is 77.9 Å². The van der Waals surface area contributed by atoms with Crippen LogP contribution in [0.4, 0.5) is 0 Å². The predicted molar refractivity (Wildman–Crippen MR) is 89.8 cm³/mol. The highest BCUT2D eigenvalue weighted by Gasteiger charge is 2.19. The van der Waals surface area contributed by atoms with Crippen molar-refractivity contribution in [2.24, 2.45) is 0 Å². The molecule has 0 aromatic heterocycles. The van der Waals surface area contributed by atoms with Crippen LogP contribution >= 0.6 is 0 Å². The quantitative estimate of drug-likeness (QED) is 0.804. The van der Waals surface area contributed by atoms with Gasteiger partial charge in [0.25, 0.3) is 15.9 Å². The number of hydrogen-bond acceptors (Lipinski definition) is 3. The van der Waals surface area contributed by atoms with Crippen LogP contribution in [0.2, 0.25) is 0 Å². The molecule has 0 radical (unpaired) electrons. The second kappa shape index (κ2) is 5.85. The summed E-state index contributed by atoms with van der Waals surface area (Å²) in [6, 6.07) is 19.0. The Balaban J connectivity index is 1.92. The molecule has 3 aromatic carbocycles. The van der Waals surface area contributed by atoms with Gasteiger partial charge in [-0.25, -0.2) is 13.1 Å². The minimum atomic E-state index is -3.91. The Morgan fingerprint density at radius 3 is 2.35 bits per heavy atom. The van der Waals surface area contributed by atoms with Gasteiger partial charge in [0.1, 0.15) is 0 Å². The zero-order chi connectivity index (χ0) is 16.4. The third-order valence-electron chi connectivity index (χ3n) is 3.54. The molecule has 0 heterocycles. The lowest BCUT2D eigenvalue weighted by atomic mass is 10.1. The highest BCUT2D eigenvalue weighted by molar-refractivity contribution is 7.90. The zero-order valence-electron chi connectivity index (χ0n) is 12.5. The molecule has 0 saturated heterocycles. The third kappa shape index (κ3) is 3.24. The largest absolute Gasteiger partial charge is 0.268 e. The van der Waals surface area contributed by atoms with E-state index in [0.29, 0.717) is 5.56 Å². The van der Waals surface area contributed by atoms with E-state index >= 15 is 0 Å². The van der Waals surface area contributed by atoms with Gasteiger partial charge in [-0.1, -0.05) is 48.0 Å². The summed E-state index contributed by atoms with van der Waals surface area (Å²) in [5.74, 6) is -0.637. The first-order valence-corrected chi connectivity index (χ1v) is 8.57. The van der Waals surface area contributed by atoms with Gasteiger partial charge in [0.2, 0.25) is 0 Å². The Bertz CT molecular complexity index is 994. The van der Waals surface area contributed by atoms with Gasteiger partial charge < -0.3 is 0 Å². The van der Waals surface area contributed by atoms with Crippen molar-refractivity contribution < 1.29 is 13.2 Å². The van der Waals surface area contributed by atoms with Crippen LogP contribution in [-0.2, 0) is 10.0 Å². The van der Waals surface area contributed by atoms with Crippen LogP contribution in [0.5, 0.6) is 0 Å². The molecule has 3 aromatic rings. The number of nitrogens with one attached hydrogen (secondary N) is 1. The van der Waals surface area contributed by atoms with E-state index in [1.165, 1.54) is 6.07 Å². The van der Waals surface area contributed by atoms with Crippen LogP contribution in [0.1, 0.15) is 15.9 Å². The Morgan fingerprint density at radius 1 is 0.870 bits per heavy atom. The van der Waals surface area contributed by atoms with Crippen molar-refractivity contribution in [1.29, 1.82) is 0 Å². The van der Waals surface area contributed by atoms with Crippen molar-refractivity contribution in [1.82, 2.24) is 4.72 Å². The molecule has 0 fully saturated rings. The van der Waals surface area contributed by atoms with E-state index < -0.39 is 15.9 Å². The summed E-state index contributed by atoms with van der Waals surface area (Å²) in [6.07, 6.45) is 0. The molecule has 4 nitrogen and oxygen atoms in total. The SMILES string of the molecule is Cc1cccc(C(=O)NS(=O)(=O)c2ccc3ccccc3c2)c1. The monoisotopic (exact) mass is 325 g/mol. The number of hydrogen-bond donors (Lipinski definition) is 1.